The maximum atomic E-state index is 13.5. The summed E-state index contributed by atoms with van der Waals surface area (Å²) in [6.45, 7) is 9.97. The summed E-state index contributed by atoms with van der Waals surface area (Å²) in [5, 5.41) is 10.8. The summed E-state index contributed by atoms with van der Waals surface area (Å²) in [4.78, 5) is 31.1. The van der Waals surface area contributed by atoms with Gasteiger partial charge in [0.05, 0.1) is 5.69 Å². The van der Waals surface area contributed by atoms with Crippen LogP contribution in [0.4, 0.5) is 5.82 Å². The largest absolute Gasteiger partial charge is 0.362 e. The highest BCUT2D eigenvalue weighted by Crippen LogP contribution is 2.47. The molecule has 31 heavy (non-hydrogen) atoms. The number of aromatic nitrogens is 3. The number of dihydropyridines is 1. The van der Waals surface area contributed by atoms with Crippen molar-refractivity contribution in [1.82, 2.24) is 20.1 Å². The average Bonchev–Trinajstić information content (AvgIpc) is 2.97. The topological polar surface area (TPSA) is 88.9 Å². The van der Waals surface area contributed by atoms with Gasteiger partial charge in [0.1, 0.15) is 5.82 Å². The summed E-state index contributed by atoms with van der Waals surface area (Å²) in [6.07, 6.45) is 4.79. The molecule has 2 aromatic heterocycles. The van der Waals surface area contributed by atoms with Crippen molar-refractivity contribution >= 4 is 17.5 Å². The first kappa shape index (κ1) is 21.0. The minimum Gasteiger partial charge on any atom is -0.362 e. The number of hydrogen-bond donors (Lipinski definition) is 2. The van der Waals surface area contributed by atoms with Crippen LogP contribution in [-0.4, -0.2) is 26.5 Å². The summed E-state index contributed by atoms with van der Waals surface area (Å²) in [7, 11) is 1.85. The zero-order valence-corrected chi connectivity index (χ0v) is 19.0. The number of pyridine rings is 1. The highest BCUT2D eigenvalue weighted by atomic mass is 16.2. The number of carbonyl (C=O) groups is 2. The van der Waals surface area contributed by atoms with Gasteiger partial charge < -0.3 is 10.6 Å². The average molecular weight is 420 g/mol. The quantitative estimate of drug-likeness (QED) is 0.792. The molecule has 4 rings (SSSR count). The number of nitrogens with zero attached hydrogens (tertiary/aromatic N) is 3. The number of hydrogen-bond acceptors (Lipinski definition) is 5. The molecule has 0 saturated heterocycles. The fraction of sp³-hybridized carbons (Fsp3) is 0.417. The molecule has 1 aliphatic carbocycles. The lowest BCUT2D eigenvalue weighted by Gasteiger charge is -2.39. The maximum Gasteiger partial charge on any atom is 0.255 e. The van der Waals surface area contributed by atoms with E-state index in [0.717, 1.165) is 34.6 Å². The molecule has 0 fully saturated rings. The number of ketones is 1. The van der Waals surface area contributed by atoms with Crippen LogP contribution in [0.25, 0.3) is 0 Å². The Morgan fingerprint density at radius 1 is 1.26 bits per heavy atom. The molecule has 2 N–H and O–H groups in total. The molecule has 3 heterocycles. The third-order valence-electron chi connectivity index (χ3n) is 6.00. The van der Waals surface area contributed by atoms with Crippen LogP contribution in [0.1, 0.15) is 56.4 Å². The van der Waals surface area contributed by atoms with Crippen molar-refractivity contribution in [2.24, 2.45) is 12.5 Å². The Kier molecular flexibility index (Phi) is 5.07. The predicted octanol–water partition coefficient (Wildman–Crippen LogP) is 3.67. The third-order valence-corrected chi connectivity index (χ3v) is 6.00. The second kappa shape index (κ2) is 7.48. The van der Waals surface area contributed by atoms with Crippen LogP contribution in [-0.2, 0) is 16.6 Å². The van der Waals surface area contributed by atoms with E-state index in [-0.39, 0.29) is 17.1 Å². The van der Waals surface area contributed by atoms with Crippen molar-refractivity contribution < 1.29 is 9.59 Å². The molecule has 1 aliphatic heterocycles. The molecule has 7 heteroatoms. The molecule has 2 aromatic rings. The summed E-state index contributed by atoms with van der Waals surface area (Å²) in [5.41, 5.74) is 5.46. The molecule has 0 aromatic carbocycles. The number of aryl methyl sites for hydroxylation is 3. The van der Waals surface area contributed by atoms with Gasteiger partial charge in [0, 0.05) is 59.9 Å². The van der Waals surface area contributed by atoms with Crippen LogP contribution < -0.4 is 10.6 Å². The molecule has 1 atom stereocenters. The Bertz CT molecular complexity index is 1150. The Balaban J connectivity index is 1.82. The van der Waals surface area contributed by atoms with Gasteiger partial charge in [0.25, 0.3) is 5.91 Å². The van der Waals surface area contributed by atoms with E-state index in [9.17, 15) is 9.59 Å². The van der Waals surface area contributed by atoms with Gasteiger partial charge in [-0.1, -0.05) is 13.8 Å². The molecule has 7 nitrogen and oxygen atoms in total. The molecular weight excluding hydrogens is 390 g/mol. The first-order valence-electron chi connectivity index (χ1n) is 10.5. The Hall–Kier alpha value is -3.22. The standard InChI is InChI=1S/C24H29N5O2/c1-13-7-8-25-19(9-13)27-23(31)20-15(3)26-17-10-24(4,5)11-18(30)22(17)21(20)16-12-29(6)28-14(16)2/h7-9,12,21,26H,10-11H2,1-6H3,(H,25,27,31)/t21-/m1/s1. The lowest BCUT2D eigenvalue weighted by Crippen LogP contribution is -2.39. The Morgan fingerprint density at radius 2 is 2.00 bits per heavy atom. The minimum atomic E-state index is -0.460. The van der Waals surface area contributed by atoms with E-state index in [1.54, 1.807) is 10.9 Å². The molecular formula is C24H29N5O2. The summed E-state index contributed by atoms with van der Waals surface area (Å²) in [5.74, 6) is -0.153. The summed E-state index contributed by atoms with van der Waals surface area (Å²) < 4.78 is 1.73. The van der Waals surface area contributed by atoms with Crippen LogP contribution in [0, 0.1) is 19.3 Å². The fourth-order valence-electron chi connectivity index (χ4n) is 4.74. The van der Waals surface area contributed by atoms with E-state index in [1.807, 2.05) is 46.1 Å². The zero-order valence-electron chi connectivity index (χ0n) is 19.0. The normalized spacial score (nSPS) is 20.5. The number of amides is 1. The van der Waals surface area contributed by atoms with E-state index in [2.05, 4.69) is 34.6 Å². The monoisotopic (exact) mass is 419 g/mol. The van der Waals surface area contributed by atoms with Gasteiger partial charge in [-0.25, -0.2) is 4.98 Å². The molecule has 0 bridgehead atoms. The van der Waals surface area contributed by atoms with Crippen molar-refractivity contribution in [1.29, 1.82) is 0 Å². The number of carbonyl (C=O) groups excluding carboxylic acids is 2. The molecule has 1 amide bonds. The van der Waals surface area contributed by atoms with Crippen molar-refractivity contribution in [2.75, 3.05) is 5.32 Å². The maximum absolute atomic E-state index is 13.5. The second-order valence-electron chi connectivity index (χ2n) is 9.45. The highest BCUT2D eigenvalue weighted by molar-refractivity contribution is 6.09. The van der Waals surface area contributed by atoms with Crippen molar-refractivity contribution in [3.63, 3.8) is 0 Å². The van der Waals surface area contributed by atoms with Gasteiger partial charge in [0.15, 0.2) is 5.78 Å². The van der Waals surface area contributed by atoms with E-state index in [0.29, 0.717) is 23.4 Å². The number of anilines is 1. The number of allylic oxidation sites excluding steroid dienone is 3. The van der Waals surface area contributed by atoms with Gasteiger partial charge in [-0.15, -0.1) is 0 Å². The lowest BCUT2D eigenvalue weighted by atomic mass is 9.68. The van der Waals surface area contributed by atoms with Crippen LogP contribution in [0.3, 0.4) is 0 Å². The van der Waals surface area contributed by atoms with E-state index < -0.39 is 5.92 Å². The van der Waals surface area contributed by atoms with E-state index in [4.69, 9.17) is 0 Å². The van der Waals surface area contributed by atoms with Crippen molar-refractivity contribution in [3.05, 3.63) is 63.9 Å². The summed E-state index contributed by atoms with van der Waals surface area (Å²) >= 11 is 0. The Labute approximate surface area is 182 Å². The molecule has 0 unspecified atom stereocenters. The SMILES string of the molecule is CC1=C(C(=O)Nc2cc(C)ccn2)[C@@H](c2cn(C)nc2C)C2=C(CC(C)(C)CC2=O)N1. The molecule has 162 valence electrons. The number of rotatable bonds is 3. The van der Waals surface area contributed by atoms with Crippen LogP contribution >= 0.6 is 0 Å². The molecule has 0 radical (unpaired) electrons. The van der Waals surface area contributed by atoms with Gasteiger partial charge >= 0.3 is 0 Å². The van der Waals surface area contributed by atoms with E-state index in [1.165, 1.54) is 0 Å². The van der Waals surface area contributed by atoms with Crippen LogP contribution in [0.5, 0.6) is 0 Å². The molecule has 0 spiro atoms. The summed E-state index contributed by atoms with van der Waals surface area (Å²) in [6, 6.07) is 3.71. The van der Waals surface area contributed by atoms with Gasteiger partial charge in [-0.3, -0.25) is 14.3 Å². The third kappa shape index (κ3) is 3.92. The smallest absolute Gasteiger partial charge is 0.255 e. The van der Waals surface area contributed by atoms with Gasteiger partial charge in [-0.05, 0) is 50.3 Å². The highest BCUT2D eigenvalue weighted by Gasteiger charge is 2.43. The van der Waals surface area contributed by atoms with E-state index >= 15 is 0 Å². The van der Waals surface area contributed by atoms with Crippen molar-refractivity contribution in [3.8, 4) is 0 Å². The van der Waals surface area contributed by atoms with Crippen LogP contribution in [0.15, 0.2) is 47.1 Å². The second-order valence-corrected chi connectivity index (χ2v) is 9.45. The zero-order chi connectivity index (χ0) is 22.5. The number of nitrogens with one attached hydrogen (secondary N) is 2. The fourth-order valence-corrected chi connectivity index (χ4v) is 4.74. The Morgan fingerprint density at radius 3 is 2.65 bits per heavy atom. The van der Waals surface area contributed by atoms with Crippen LogP contribution in [0.2, 0.25) is 0 Å². The molecule has 2 aliphatic rings. The van der Waals surface area contributed by atoms with Crippen molar-refractivity contribution in [2.45, 2.75) is 53.4 Å². The molecule has 0 saturated carbocycles. The van der Waals surface area contributed by atoms with Gasteiger partial charge in [0.2, 0.25) is 0 Å². The minimum absolute atomic E-state index is 0.0819. The predicted molar refractivity (Wildman–Crippen MR) is 119 cm³/mol. The lowest BCUT2D eigenvalue weighted by molar-refractivity contribution is -0.118. The van der Waals surface area contributed by atoms with Gasteiger partial charge in [-0.2, -0.15) is 5.10 Å². The first-order chi connectivity index (χ1) is 14.6. The first-order valence-corrected chi connectivity index (χ1v) is 10.5. The number of Topliss-reactive ketones (excluding diaryl/α,β-unsaturated/α-hetero) is 1.